The molecule has 0 unspecified atom stereocenters. The molecule has 3 aromatic rings. The first-order valence-electron chi connectivity index (χ1n) is 6.71. The van der Waals surface area contributed by atoms with E-state index in [1.54, 1.807) is 24.3 Å². The normalized spacial score (nSPS) is 10.5. The molecule has 3 rings (SSSR count). The van der Waals surface area contributed by atoms with Gasteiger partial charge < -0.3 is 9.26 Å². The van der Waals surface area contributed by atoms with Crippen molar-refractivity contribution in [3.63, 3.8) is 0 Å². The van der Waals surface area contributed by atoms with Crippen LogP contribution in [-0.4, -0.2) is 13.6 Å². The summed E-state index contributed by atoms with van der Waals surface area (Å²) in [5.74, 6) is -0.328. The summed E-state index contributed by atoms with van der Waals surface area (Å²) in [5.41, 5.74) is 1.46. The summed E-state index contributed by atoms with van der Waals surface area (Å²) in [7, 11) is -2.77. The number of aromatic nitrogens is 1. The Balaban J connectivity index is 1.79. The van der Waals surface area contributed by atoms with Crippen LogP contribution in [0.4, 0.5) is 4.39 Å². The van der Waals surface area contributed by atoms with Crippen molar-refractivity contribution in [2.45, 2.75) is 6.61 Å². The van der Waals surface area contributed by atoms with Crippen LogP contribution < -0.4 is 4.74 Å². The van der Waals surface area contributed by atoms with E-state index >= 15 is 0 Å². The Morgan fingerprint density at radius 2 is 1.74 bits per heavy atom. The quantitative estimate of drug-likeness (QED) is 0.743. The third-order valence-corrected chi connectivity index (χ3v) is 3.75. The minimum Gasteiger partial charge on any atom is -0.489 e. The summed E-state index contributed by atoms with van der Waals surface area (Å²) in [5, 5.41) is 2.27. The van der Waals surface area contributed by atoms with Crippen molar-refractivity contribution < 1.29 is 22.1 Å². The molecule has 0 aliphatic heterocycles. The second kappa shape index (κ2) is 6.53. The van der Waals surface area contributed by atoms with Gasteiger partial charge in [-0.1, -0.05) is 30.3 Å². The minimum atomic E-state index is -2.77. The largest absolute Gasteiger partial charge is 0.489 e. The SMILES string of the molecule is O=S(=O)=c1o[nH]c(-c2ccc(OCc3ccccc3)cc2)c1F. The molecule has 0 saturated carbocycles. The first-order chi connectivity index (χ1) is 11.1. The van der Waals surface area contributed by atoms with Gasteiger partial charge in [0, 0.05) is 5.56 Å². The lowest BCUT2D eigenvalue weighted by Gasteiger charge is -2.06. The summed E-state index contributed by atoms with van der Waals surface area (Å²) in [6.07, 6.45) is 0. The molecule has 0 amide bonds. The van der Waals surface area contributed by atoms with Gasteiger partial charge >= 0.3 is 4.71 Å². The maximum Gasteiger partial charge on any atom is 0.311 e. The average molecular weight is 333 g/mol. The predicted octanol–water partition coefficient (Wildman–Crippen LogP) is 3.40. The molecule has 0 aliphatic rings. The van der Waals surface area contributed by atoms with Gasteiger partial charge in [-0.25, -0.2) is 5.16 Å². The highest BCUT2D eigenvalue weighted by atomic mass is 32.2. The Morgan fingerprint density at radius 1 is 1.04 bits per heavy atom. The fraction of sp³-hybridized carbons (Fsp3) is 0.0625. The molecule has 0 spiro atoms. The monoisotopic (exact) mass is 333 g/mol. The summed E-state index contributed by atoms with van der Waals surface area (Å²) < 4.78 is 44.9. The Labute approximate surface area is 132 Å². The lowest BCUT2D eigenvalue weighted by atomic mass is 10.1. The molecule has 0 aliphatic carbocycles. The number of nitrogens with one attached hydrogen (secondary N) is 1. The minimum absolute atomic E-state index is 0.0289. The molecule has 2 aromatic carbocycles. The van der Waals surface area contributed by atoms with Crippen LogP contribution in [0, 0.1) is 10.5 Å². The third-order valence-electron chi connectivity index (χ3n) is 3.19. The lowest BCUT2D eigenvalue weighted by Crippen LogP contribution is -1.94. The van der Waals surface area contributed by atoms with E-state index < -0.39 is 20.8 Å². The topological polar surface area (TPSA) is 72.3 Å². The Kier molecular flexibility index (Phi) is 4.29. The predicted molar refractivity (Wildman–Crippen MR) is 81.4 cm³/mol. The smallest absolute Gasteiger partial charge is 0.311 e. The van der Waals surface area contributed by atoms with Gasteiger partial charge in [0.2, 0.25) is 5.82 Å². The molecule has 0 fully saturated rings. The fourth-order valence-corrected chi connectivity index (χ4v) is 2.40. The molecular formula is C16H12FNO4S. The summed E-state index contributed by atoms with van der Waals surface area (Å²) in [4.78, 5) is 0. The lowest BCUT2D eigenvalue weighted by molar-refractivity contribution is 0.306. The van der Waals surface area contributed by atoms with E-state index in [2.05, 4.69) is 9.68 Å². The van der Waals surface area contributed by atoms with Crippen LogP contribution in [0.5, 0.6) is 5.75 Å². The number of rotatable bonds is 4. The maximum absolute atomic E-state index is 13.9. The second-order valence-corrected chi connectivity index (χ2v) is 5.55. The average Bonchev–Trinajstić information content (AvgIpc) is 2.96. The zero-order chi connectivity index (χ0) is 16.2. The van der Waals surface area contributed by atoms with E-state index in [-0.39, 0.29) is 5.69 Å². The van der Waals surface area contributed by atoms with Crippen LogP contribution in [0.2, 0.25) is 0 Å². The third kappa shape index (κ3) is 3.35. The number of H-pyrrole nitrogens is 1. The van der Waals surface area contributed by atoms with E-state index in [0.29, 0.717) is 17.9 Å². The van der Waals surface area contributed by atoms with Crippen molar-refractivity contribution in [3.05, 3.63) is 70.7 Å². The van der Waals surface area contributed by atoms with Crippen LogP contribution >= 0.6 is 0 Å². The number of halogens is 1. The highest BCUT2D eigenvalue weighted by molar-refractivity contribution is 7.63. The van der Waals surface area contributed by atoms with E-state index in [1.807, 2.05) is 30.3 Å². The first-order valence-corrected chi connectivity index (χ1v) is 7.79. The Hall–Kier alpha value is -2.80. The fourth-order valence-electron chi connectivity index (χ4n) is 2.04. The van der Waals surface area contributed by atoms with Gasteiger partial charge in [0.1, 0.15) is 18.1 Å². The van der Waals surface area contributed by atoms with Gasteiger partial charge in [0.05, 0.1) is 0 Å². The van der Waals surface area contributed by atoms with Crippen LogP contribution in [0.1, 0.15) is 5.56 Å². The van der Waals surface area contributed by atoms with Crippen molar-refractivity contribution in [1.29, 1.82) is 0 Å². The van der Waals surface area contributed by atoms with Crippen molar-refractivity contribution >= 4 is 10.3 Å². The summed E-state index contributed by atoms with van der Waals surface area (Å²) >= 11 is 0. The van der Waals surface area contributed by atoms with Crippen molar-refractivity contribution in [3.8, 4) is 17.0 Å². The van der Waals surface area contributed by atoms with Crippen molar-refractivity contribution in [2.75, 3.05) is 0 Å². The number of aromatic amines is 1. The zero-order valence-corrected chi connectivity index (χ0v) is 12.6. The Morgan fingerprint density at radius 3 is 2.35 bits per heavy atom. The van der Waals surface area contributed by atoms with Crippen LogP contribution in [0.3, 0.4) is 0 Å². The van der Waals surface area contributed by atoms with Crippen LogP contribution in [0.25, 0.3) is 11.3 Å². The molecule has 118 valence electrons. The first kappa shape index (κ1) is 15.1. The van der Waals surface area contributed by atoms with Gasteiger partial charge in [0.15, 0.2) is 0 Å². The molecule has 5 nitrogen and oxygen atoms in total. The standard InChI is InChI=1S/C16H12FNO4S/c17-14-15(18-22-16(14)23(19)20)12-6-8-13(9-7-12)21-10-11-4-2-1-3-5-11/h1-9,18H,10H2. The number of benzene rings is 2. The van der Waals surface area contributed by atoms with Crippen LogP contribution in [-0.2, 0) is 16.9 Å². The van der Waals surface area contributed by atoms with Gasteiger partial charge in [-0.15, -0.1) is 0 Å². The maximum atomic E-state index is 13.9. The van der Waals surface area contributed by atoms with Crippen molar-refractivity contribution in [1.82, 2.24) is 5.16 Å². The number of ether oxygens (including phenoxy) is 1. The van der Waals surface area contributed by atoms with E-state index in [9.17, 15) is 12.8 Å². The van der Waals surface area contributed by atoms with Gasteiger partial charge in [-0.2, -0.15) is 12.8 Å². The van der Waals surface area contributed by atoms with E-state index in [1.165, 1.54) is 0 Å². The molecule has 1 aromatic heterocycles. The van der Waals surface area contributed by atoms with Gasteiger partial charge in [-0.3, -0.25) is 0 Å². The molecule has 0 bridgehead atoms. The van der Waals surface area contributed by atoms with E-state index in [0.717, 1.165) is 5.56 Å². The highest BCUT2D eigenvalue weighted by Gasteiger charge is 2.13. The summed E-state index contributed by atoms with van der Waals surface area (Å²) in [6.45, 7) is 0.422. The van der Waals surface area contributed by atoms with Crippen LogP contribution in [0.15, 0.2) is 59.1 Å². The number of hydrogen-bond donors (Lipinski definition) is 1. The number of hydrogen-bond acceptors (Lipinski definition) is 4. The molecule has 7 heteroatoms. The molecule has 23 heavy (non-hydrogen) atoms. The second-order valence-electron chi connectivity index (χ2n) is 4.71. The molecule has 0 atom stereocenters. The highest BCUT2D eigenvalue weighted by Crippen LogP contribution is 2.24. The van der Waals surface area contributed by atoms with E-state index in [4.69, 9.17) is 4.74 Å². The van der Waals surface area contributed by atoms with Gasteiger partial charge in [-0.05, 0) is 29.8 Å². The zero-order valence-electron chi connectivity index (χ0n) is 11.8. The van der Waals surface area contributed by atoms with Crippen molar-refractivity contribution in [2.24, 2.45) is 0 Å². The van der Waals surface area contributed by atoms with Gasteiger partial charge in [0.25, 0.3) is 10.3 Å². The Bertz CT molecular complexity index is 965. The molecule has 0 radical (unpaired) electrons. The molecular weight excluding hydrogens is 321 g/mol. The summed E-state index contributed by atoms with van der Waals surface area (Å²) in [6, 6.07) is 16.3. The molecule has 0 saturated heterocycles. The molecule has 1 heterocycles. The molecule has 1 N–H and O–H groups in total.